The molecule has 6 heteroatoms. The predicted octanol–water partition coefficient (Wildman–Crippen LogP) is 3.57. The van der Waals surface area contributed by atoms with E-state index in [0.29, 0.717) is 12.3 Å². The van der Waals surface area contributed by atoms with Gasteiger partial charge < -0.3 is 4.90 Å². The summed E-state index contributed by atoms with van der Waals surface area (Å²) in [5.41, 5.74) is 3.25. The number of rotatable bonds is 3. The van der Waals surface area contributed by atoms with Crippen molar-refractivity contribution in [1.82, 2.24) is 19.5 Å². The lowest BCUT2D eigenvalue weighted by molar-refractivity contribution is -0.131. The monoisotopic (exact) mass is 340 g/mol. The van der Waals surface area contributed by atoms with Crippen molar-refractivity contribution in [2.24, 2.45) is 0 Å². The average Bonchev–Trinajstić information content (AvgIpc) is 3.30. The van der Waals surface area contributed by atoms with Crippen molar-refractivity contribution >= 4 is 22.9 Å². The Morgan fingerprint density at radius 2 is 2.08 bits per heavy atom. The van der Waals surface area contributed by atoms with Gasteiger partial charge in [0.15, 0.2) is 11.5 Å². The molecule has 0 N–H and O–H groups in total. The van der Waals surface area contributed by atoms with Gasteiger partial charge in [-0.2, -0.15) is 16.4 Å². The molecule has 1 saturated heterocycles. The minimum absolute atomic E-state index is 0.247. The molecule has 3 aromatic rings. The van der Waals surface area contributed by atoms with Gasteiger partial charge in [-0.3, -0.25) is 4.79 Å². The summed E-state index contributed by atoms with van der Waals surface area (Å²) in [6.07, 6.45) is 4.52. The van der Waals surface area contributed by atoms with Crippen LogP contribution in [-0.4, -0.2) is 38.5 Å². The molecule has 4 rings (SSSR count). The summed E-state index contributed by atoms with van der Waals surface area (Å²) in [5, 5.41) is 8.92. The molecule has 0 spiro atoms. The van der Waals surface area contributed by atoms with Crippen LogP contribution < -0.4 is 0 Å². The molecule has 3 aromatic heterocycles. The van der Waals surface area contributed by atoms with E-state index >= 15 is 0 Å². The maximum Gasteiger partial charge on any atom is 0.222 e. The minimum atomic E-state index is 0.247. The van der Waals surface area contributed by atoms with Gasteiger partial charge in [-0.1, -0.05) is 6.92 Å². The Morgan fingerprint density at radius 3 is 2.79 bits per heavy atom. The van der Waals surface area contributed by atoms with Gasteiger partial charge in [-0.25, -0.2) is 9.50 Å². The van der Waals surface area contributed by atoms with Crippen LogP contribution in [0.15, 0.2) is 35.2 Å². The maximum absolute atomic E-state index is 11.8. The van der Waals surface area contributed by atoms with Crippen molar-refractivity contribution in [3.05, 3.63) is 41.0 Å². The fourth-order valence-electron chi connectivity index (χ4n) is 3.28. The van der Waals surface area contributed by atoms with Crippen LogP contribution in [0.5, 0.6) is 0 Å². The third-order valence-corrected chi connectivity index (χ3v) is 5.40. The molecule has 5 nitrogen and oxygen atoms in total. The molecule has 0 atom stereocenters. The van der Waals surface area contributed by atoms with Crippen molar-refractivity contribution in [3.63, 3.8) is 0 Å². The third-order valence-electron chi connectivity index (χ3n) is 4.72. The maximum atomic E-state index is 11.8. The van der Waals surface area contributed by atoms with Gasteiger partial charge >= 0.3 is 0 Å². The van der Waals surface area contributed by atoms with Crippen LogP contribution in [0.1, 0.15) is 37.9 Å². The molecule has 0 saturated carbocycles. The fourth-order valence-corrected chi connectivity index (χ4v) is 3.95. The Balaban J connectivity index is 1.54. The largest absolute Gasteiger partial charge is 0.343 e. The van der Waals surface area contributed by atoms with Gasteiger partial charge in [-0.15, -0.1) is 0 Å². The van der Waals surface area contributed by atoms with Crippen LogP contribution in [0.4, 0.5) is 0 Å². The van der Waals surface area contributed by atoms with E-state index in [-0.39, 0.29) is 5.91 Å². The van der Waals surface area contributed by atoms with Gasteiger partial charge in [0.1, 0.15) is 0 Å². The lowest BCUT2D eigenvalue weighted by atomic mass is 9.96. The van der Waals surface area contributed by atoms with E-state index in [2.05, 4.69) is 22.9 Å². The van der Waals surface area contributed by atoms with Crippen LogP contribution >= 0.6 is 11.3 Å². The number of amides is 1. The molecule has 0 aliphatic carbocycles. The first-order valence-corrected chi connectivity index (χ1v) is 9.35. The van der Waals surface area contributed by atoms with Crippen LogP contribution in [0.25, 0.3) is 16.8 Å². The van der Waals surface area contributed by atoms with Crippen LogP contribution in [0, 0.1) is 0 Å². The standard InChI is InChI=1S/C18H20N4OS/c1-2-17(23)21-8-5-13(6-9-21)18-19-16-4-3-14(11-22(16)20-18)15-7-10-24-12-15/h3-4,7,10-13H,2,5-6,8-9H2,1H3. The number of hydrogen-bond acceptors (Lipinski definition) is 4. The zero-order chi connectivity index (χ0) is 16.5. The van der Waals surface area contributed by atoms with Gasteiger partial charge in [0.2, 0.25) is 5.91 Å². The van der Waals surface area contributed by atoms with E-state index in [1.165, 1.54) is 5.56 Å². The van der Waals surface area contributed by atoms with E-state index in [9.17, 15) is 4.79 Å². The van der Waals surface area contributed by atoms with Crippen molar-refractivity contribution in [3.8, 4) is 11.1 Å². The first-order chi connectivity index (χ1) is 11.7. The van der Waals surface area contributed by atoms with E-state index in [4.69, 9.17) is 10.1 Å². The second-order valence-electron chi connectivity index (χ2n) is 6.21. The molecular formula is C18H20N4OS. The predicted molar refractivity (Wildman–Crippen MR) is 95.1 cm³/mol. The molecule has 124 valence electrons. The van der Waals surface area contributed by atoms with Crippen molar-refractivity contribution < 1.29 is 4.79 Å². The normalized spacial score (nSPS) is 16.0. The number of hydrogen-bond donors (Lipinski definition) is 0. The summed E-state index contributed by atoms with van der Waals surface area (Å²) < 4.78 is 1.88. The highest BCUT2D eigenvalue weighted by Gasteiger charge is 2.25. The lowest BCUT2D eigenvalue weighted by Crippen LogP contribution is -2.37. The van der Waals surface area contributed by atoms with Crippen molar-refractivity contribution in [2.45, 2.75) is 32.1 Å². The molecule has 1 aliphatic heterocycles. The topological polar surface area (TPSA) is 50.5 Å². The van der Waals surface area contributed by atoms with E-state index < -0.39 is 0 Å². The number of aromatic nitrogens is 3. The summed E-state index contributed by atoms with van der Waals surface area (Å²) >= 11 is 1.69. The second kappa shape index (κ2) is 6.36. The number of carbonyl (C=O) groups excluding carboxylic acids is 1. The summed E-state index contributed by atoms with van der Waals surface area (Å²) in [6.45, 7) is 3.54. The molecule has 0 radical (unpaired) electrons. The molecule has 0 aromatic carbocycles. The number of carbonyl (C=O) groups is 1. The summed E-state index contributed by atoms with van der Waals surface area (Å²) in [7, 11) is 0. The summed E-state index contributed by atoms with van der Waals surface area (Å²) in [5.74, 6) is 1.49. The quantitative estimate of drug-likeness (QED) is 0.732. The zero-order valence-corrected chi connectivity index (χ0v) is 14.5. The fraction of sp³-hybridized carbons (Fsp3) is 0.389. The molecule has 0 unspecified atom stereocenters. The van der Waals surface area contributed by atoms with Crippen LogP contribution in [-0.2, 0) is 4.79 Å². The summed E-state index contributed by atoms with van der Waals surface area (Å²) in [4.78, 5) is 18.5. The van der Waals surface area contributed by atoms with E-state index in [1.807, 2.05) is 28.6 Å². The Morgan fingerprint density at radius 1 is 1.25 bits per heavy atom. The van der Waals surface area contributed by atoms with Crippen LogP contribution in [0.2, 0.25) is 0 Å². The number of fused-ring (bicyclic) bond motifs is 1. The number of nitrogens with zero attached hydrogens (tertiary/aromatic N) is 4. The smallest absolute Gasteiger partial charge is 0.222 e. The highest BCUT2D eigenvalue weighted by molar-refractivity contribution is 7.08. The zero-order valence-electron chi connectivity index (χ0n) is 13.7. The molecule has 1 fully saturated rings. The Kier molecular flexibility index (Phi) is 4.06. The van der Waals surface area contributed by atoms with Gasteiger partial charge in [-0.05, 0) is 47.4 Å². The first kappa shape index (κ1) is 15.3. The van der Waals surface area contributed by atoms with Gasteiger partial charge in [0.25, 0.3) is 0 Å². The third kappa shape index (κ3) is 2.82. The van der Waals surface area contributed by atoms with E-state index in [0.717, 1.165) is 43.0 Å². The molecule has 4 heterocycles. The average molecular weight is 340 g/mol. The Labute approximate surface area is 144 Å². The highest BCUT2D eigenvalue weighted by Crippen LogP contribution is 2.27. The van der Waals surface area contributed by atoms with E-state index in [1.54, 1.807) is 11.3 Å². The SMILES string of the molecule is CCC(=O)N1CCC(c2nc3ccc(-c4ccsc4)cn3n2)CC1. The van der Waals surface area contributed by atoms with Crippen molar-refractivity contribution in [2.75, 3.05) is 13.1 Å². The lowest BCUT2D eigenvalue weighted by Gasteiger charge is -2.30. The number of piperidine rings is 1. The first-order valence-electron chi connectivity index (χ1n) is 8.41. The number of likely N-dealkylation sites (tertiary alicyclic amines) is 1. The van der Waals surface area contributed by atoms with Crippen LogP contribution in [0.3, 0.4) is 0 Å². The molecule has 0 bridgehead atoms. The van der Waals surface area contributed by atoms with Crippen molar-refractivity contribution in [1.29, 1.82) is 0 Å². The number of pyridine rings is 1. The van der Waals surface area contributed by atoms with Gasteiger partial charge in [0, 0.05) is 37.2 Å². The molecular weight excluding hydrogens is 320 g/mol. The summed E-state index contributed by atoms with van der Waals surface area (Å²) in [6, 6.07) is 6.24. The molecule has 24 heavy (non-hydrogen) atoms. The highest BCUT2D eigenvalue weighted by atomic mass is 32.1. The van der Waals surface area contributed by atoms with Gasteiger partial charge in [0.05, 0.1) is 0 Å². The Hall–Kier alpha value is -2.21. The molecule has 1 aliphatic rings. The molecule has 1 amide bonds. The second-order valence-corrected chi connectivity index (χ2v) is 6.99. The minimum Gasteiger partial charge on any atom is -0.343 e. The Bertz CT molecular complexity index is 847. The number of thiophene rings is 1.